The van der Waals surface area contributed by atoms with Crippen molar-refractivity contribution in [2.45, 2.75) is 58.2 Å². The maximum Gasteiger partial charge on any atom is 0.237 e. The van der Waals surface area contributed by atoms with Crippen molar-refractivity contribution in [2.75, 3.05) is 6.54 Å². The molecule has 4 heteroatoms. The zero-order valence-electron chi connectivity index (χ0n) is 10.7. The van der Waals surface area contributed by atoms with Crippen molar-refractivity contribution in [1.29, 1.82) is 0 Å². The minimum absolute atomic E-state index is 0.00236. The molecule has 0 aromatic carbocycles. The molecule has 1 amide bonds. The Labute approximate surface area is 97.8 Å². The Bertz CT molecular complexity index is 251. The number of aliphatic hydroxyl groups excluding tert-OH is 1. The Balaban J connectivity index is 2.51. The highest BCUT2D eigenvalue weighted by Crippen LogP contribution is 2.16. The Hall–Kier alpha value is -0.610. The van der Waals surface area contributed by atoms with Crippen LogP contribution in [-0.4, -0.2) is 35.2 Å². The van der Waals surface area contributed by atoms with Gasteiger partial charge in [0.1, 0.15) is 0 Å². The van der Waals surface area contributed by atoms with E-state index in [1.54, 1.807) is 6.92 Å². The molecular formula is C12H24N2O2. The normalized spacial score (nSPS) is 28.6. The van der Waals surface area contributed by atoms with Gasteiger partial charge < -0.3 is 15.7 Å². The highest BCUT2D eigenvalue weighted by atomic mass is 16.3. The Morgan fingerprint density at radius 3 is 2.69 bits per heavy atom. The second kappa shape index (κ2) is 5.15. The molecular weight excluding hydrogens is 204 g/mol. The average molecular weight is 228 g/mol. The van der Waals surface area contributed by atoms with Gasteiger partial charge in [-0.3, -0.25) is 4.79 Å². The van der Waals surface area contributed by atoms with E-state index < -0.39 is 11.6 Å². The van der Waals surface area contributed by atoms with Gasteiger partial charge in [-0.2, -0.15) is 0 Å². The number of hydrogen-bond donors (Lipinski definition) is 3. The maximum atomic E-state index is 12.0. The van der Waals surface area contributed by atoms with Crippen molar-refractivity contribution in [3.05, 3.63) is 0 Å². The molecule has 0 aliphatic carbocycles. The fraction of sp³-hybridized carbons (Fsp3) is 0.917. The van der Waals surface area contributed by atoms with Crippen LogP contribution in [-0.2, 0) is 4.79 Å². The number of nitrogens with one attached hydrogen (secondary N) is 2. The lowest BCUT2D eigenvalue weighted by atomic mass is 9.92. The third kappa shape index (κ3) is 3.46. The minimum atomic E-state index is -0.570. The van der Waals surface area contributed by atoms with E-state index in [4.69, 9.17) is 0 Å². The van der Waals surface area contributed by atoms with Crippen molar-refractivity contribution in [3.8, 4) is 0 Å². The lowest BCUT2D eigenvalue weighted by Crippen LogP contribution is -2.57. The predicted molar refractivity (Wildman–Crippen MR) is 64.1 cm³/mol. The SMILES string of the molecule is CC1CCNC(C(=O)NC(C)(C)C(C)O)C1. The molecule has 0 spiro atoms. The molecule has 3 atom stereocenters. The van der Waals surface area contributed by atoms with E-state index >= 15 is 0 Å². The van der Waals surface area contributed by atoms with E-state index in [0.717, 1.165) is 19.4 Å². The molecule has 0 aromatic heterocycles. The fourth-order valence-corrected chi connectivity index (χ4v) is 1.82. The summed E-state index contributed by atoms with van der Waals surface area (Å²) in [6, 6.07) is -0.109. The van der Waals surface area contributed by atoms with Gasteiger partial charge in [-0.25, -0.2) is 0 Å². The topological polar surface area (TPSA) is 61.4 Å². The van der Waals surface area contributed by atoms with Gasteiger partial charge in [-0.15, -0.1) is 0 Å². The van der Waals surface area contributed by atoms with Crippen LogP contribution in [0.1, 0.15) is 40.5 Å². The minimum Gasteiger partial charge on any atom is -0.391 e. The number of carbonyl (C=O) groups is 1. The Morgan fingerprint density at radius 2 is 2.19 bits per heavy atom. The standard InChI is InChI=1S/C12H24N2O2/c1-8-5-6-13-10(7-8)11(16)14-12(3,4)9(2)15/h8-10,13,15H,5-7H2,1-4H3,(H,14,16). The van der Waals surface area contributed by atoms with Crippen LogP contribution >= 0.6 is 0 Å². The number of piperidine rings is 1. The van der Waals surface area contributed by atoms with Gasteiger partial charge in [0.2, 0.25) is 5.91 Å². The van der Waals surface area contributed by atoms with Crippen LogP contribution in [0.5, 0.6) is 0 Å². The third-order valence-corrected chi connectivity index (χ3v) is 3.47. The summed E-state index contributed by atoms with van der Waals surface area (Å²) in [5.74, 6) is 0.587. The molecule has 1 heterocycles. The van der Waals surface area contributed by atoms with Crippen LogP contribution in [0.15, 0.2) is 0 Å². The summed E-state index contributed by atoms with van der Waals surface area (Å²) in [6.07, 6.45) is 1.45. The van der Waals surface area contributed by atoms with Crippen LogP contribution < -0.4 is 10.6 Å². The monoisotopic (exact) mass is 228 g/mol. The summed E-state index contributed by atoms with van der Waals surface area (Å²) in [6.45, 7) is 8.43. The van der Waals surface area contributed by atoms with Gasteiger partial charge in [0.25, 0.3) is 0 Å². The summed E-state index contributed by atoms with van der Waals surface area (Å²) in [5, 5.41) is 15.7. The van der Waals surface area contributed by atoms with E-state index in [-0.39, 0.29) is 11.9 Å². The molecule has 1 aliphatic heterocycles. The molecule has 3 N–H and O–H groups in total. The van der Waals surface area contributed by atoms with Gasteiger partial charge in [-0.05, 0) is 46.1 Å². The lowest BCUT2D eigenvalue weighted by Gasteiger charge is -2.34. The average Bonchev–Trinajstić information content (AvgIpc) is 2.16. The molecule has 1 fully saturated rings. The number of hydrogen-bond acceptors (Lipinski definition) is 3. The van der Waals surface area contributed by atoms with Crippen LogP contribution in [0.2, 0.25) is 0 Å². The maximum absolute atomic E-state index is 12.0. The zero-order valence-corrected chi connectivity index (χ0v) is 10.7. The first-order valence-corrected chi connectivity index (χ1v) is 6.06. The molecule has 4 nitrogen and oxygen atoms in total. The van der Waals surface area contributed by atoms with E-state index in [9.17, 15) is 9.90 Å². The summed E-state index contributed by atoms with van der Waals surface area (Å²) in [5.41, 5.74) is -0.570. The van der Waals surface area contributed by atoms with Crippen molar-refractivity contribution >= 4 is 5.91 Å². The highest BCUT2D eigenvalue weighted by Gasteiger charge is 2.31. The molecule has 0 bridgehead atoms. The first kappa shape index (κ1) is 13.5. The van der Waals surface area contributed by atoms with Crippen LogP contribution in [0, 0.1) is 5.92 Å². The second-order valence-electron chi connectivity index (χ2n) is 5.52. The number of amides is 1. The van der Waals surface area contributed by atoms with Crippen LogP contribution in [0.3, 0.4) is 0 Å². The second-order valence-corrected chi connectivity index (χ2v) is 5.52. The van der Waals surface area contributed by atoms with Gasteiger partial charge in [0.05, 0.1) is 17.7 Å². The fourth-order valence-electron chi connectivity index (χ4n) is 1.82. The van der Waals surface area contributed by atoms with Gasteiger partial charge in [0, 0.05) is 0 Å². The smallest absolute Gasteiger partial charge is 0.237 e. The van der Waals surface area contributed by atoms with Gasteiger partial charge >= 0.3 is 0 Å². The molecule has 16 heavy (non-hydrogen) atoms. The quantitative estimate of drug-likeness (QED) is 0.664. The molecule has 1 aliphatic rings. The van der Waals surface area contributed by atoms with Gasteiger partial charge in [0.15, 0.2) is 0 Å². The number of aliphatic hydroxyl groups is 1. The molecule has 94 valence electrons. The molecule has 1 saturated heterocycles. The van der Waals surface area contributed by atoms with Crippen LogP contribution in [0.25, 0.3) is 0 Å². The van der Waals surface area contributed by atoms with Crippen LogP contribution in [0.4, 0.5) is 0 Å². The summed E-state index contributed by atoms with van der Waals surface area (Å²) in [7, 11) is 0. The van der Waals surface area contributed by atoms with Crippen molar-refractivity contribution in [3.63, 3.8) is 0 Å². The Kier molecular flexibility index (Phi) is 4.33. The molecule has 0 aromatic rings. The van der Waals surface area contributed by atoms with E-state index in [1.165, 1.54) is 0 Å². The first-order chi connectivity index (χ1) is 7.33. The van der Waals surface area contributed by atoms with E-state index in [2.05, 4.69) is 17.6 Å². The van der Waals surface area contributed by atoms with E-state index in [1.807, 2.05) is 13.8 Å². The summed E-state index contributed by atoms with van der Waals surface area (Å²) >= 11 is 0. The van der Waals surface area contributed by atoms with E-state index in [0.29, 0.717) is 5.92 Å². The first-order valence-electron chi connectivity index (χ1n) is 6.06. The highest BCUT2D eigenvalue weighted by molar-refractivity contribution is 5.82. The van der Waals surface area contributed by atoms with Crippen molar-refractivity contribution in [1.82, 2.24) is 10.6 Å². The number of rotatable bonds is 3. The predicted octanol–water partition coefficient (Wildman–Crippen LogP) is 0.650. The summed E-state index contributed by atoms with van der Waals surface area (Å²) in [4.78, 5) is 12.0. The van der Waals surface area contributed by atoms with Gasteiger partial charge in [-0.1, -0.05) is 6.92 Å². The summed E-state index contributed by atoms with van der Waals surface area (Å²) < 4.78 is 0. The molecule has 3 unspecified atom stereocenters. The lowest BCUT2D eigenvalue weighted by molar-refractivity contribution is -0.127. The van der Waals surface area contributed by atoms with Crippen molar-refractivity contribution in [2.24, 2.45) is 5.92 Å². The molecule has 0 saturated carbocycles. The zero-order chi connectivity index (χ0) is 12.3. The largest absolute Gasteiger partial charge is 0.391 e. The van der Waals surface area contributed by atoms with Crippen molar-refractivity contribution < 1.29 is 9.90 Å². The number of carbonyl (C=O) groups excluding carboxylic acids is 1. The molecule has 0 radical (unpaired) electrons. The third-order valence-electron chi connectivity index (χ3n) is 3.47. The Morgan fingerprint density at radius 1 is 1.56 bits per heavy atom. The molecule has 1 rings (SSSR count).